The Bertz CT molecular complexity index is 653. The van der Waals surface area contributed by atoms with E-state index in [1.54, 1.807) is 19.1 Å². The maximum atomic E-state index is 12.5. The van der Waals surface area contributed by atoms with Gasteiger partial charge >= 0.3 is 12.1 Å². The summed E-state index contributed by atoms with van der Waals surface area (Å²) >= 11 is 0. The molecular weight excluding hydrogens is 309 g/mol. The van der Waals surface area contributed by atoms with E-state index >= 15 is 0 Å². The number of aromatic nitrogens is 1. The number of nitrogens with zero attached hydrogens (tertiary/aromatic N) is 1. The molecule has 2 aromatic rings. The zero-order chi connectivity index (χ0) is 16.9. The van der Waals surface area contributed by atoms with Gasteiger partial charge in [0.1, 0.15) is 5.82 Å². The Morgan fingerprint density at radius 3 is 2.39 bits per heavy atom. The largest absolute Gasteiger partial charge is 0.462 e. The van der Waals surface area contributed by atoms with Crippen LogP contribution in [-0.4, -0.2) is 17.6 Å². The second-order valence-corrected chi connectivity index (χ2v) is 4.70. The number of rotatable bonds is 5. The van der Waals surface area contributed by atoms with Crippen molar-refractivity contribution < 1.29 is 22.7 Å². The summed E-state index contributed by atoms with van der Waals surface area (Å²) in [6, 6.07) is 8.06. The standard InChI is InChI=1S/C16H15F3N2O2/c1-2-23-15(22)12-5-8-14(21-10-12)20-9-11-3-6-13(7-4-11)16(17,18)19/h3-8,10H,2,9H2,1H3,(H,20,21). The number of hydrogen-bond donors (Lipinski definition) is 1. The van der Waals surface area contributed by atoms with Crippen LogP contribution in [0.1, 0.15) is 28.4 Å². The number of alkyl halides is 3. The van der Waals surface area contributed by atoms with Gasteiger partial charge in [0.25, 0.3) is 0 Å². The van der Waals surface area contributed by atoms with Crippen LogP contribution in [0.25, 0.3) is 0 Å². The minimum Gasteiger partial charge on any atom is -0.462 e. The molecule has 0 amide bonds. The molecule has 0 bridgehead atoms. The number of carbonyl (C=O) groups excluding carboxylic acids is 1. The van der Waals surface area contributed by atoms with Crippen molar-refractivity contribution in [2.45, 2.75) is 19.6 Å². The molecule has 0 spiro atoms. The highest BCUT2D eigenvalue weighted by Crippen LogP contribution is 2.29. The summed E-state index contributed by atoms with van der Waals surface area (Å²) in [6.45, 7) is 2.32. The molecule has 1 heterocycles. The van der Waals surface area contributed by atoms with Crippen molar-refractivity contribution in [3.63, 3.8) is 0 Å². The van der Waals surface area contributed by atoms with Crippen molar-refractivity contribution in [3.05, 3.63) is 59.3 Å². The normalized spacial score (nSPS) is 11.1. The van der Waals surface area contributed by atoms with E-state index in [0.29, 0.717) is 23.5 Å². The quantitative estimate of drug-likeness (QED) is 0.848. The van der Waals surface area contributed by atoms with Crippen molar-refractivity contribution in [2.75, 3.05) is 11.9 Å². The number of pyridine rings is 1. The Morgan fingerprint density at radius 1 is 1.17 bits per heavy atom. The zero-order valence-corrected chi connectivity index (χ0v) is 12.4. The summed E-state index contributed by atoms with van der Waals surface area (Å²) in [5.74, 6) is 0.0623. The number of anilines is 1. The van der Waals surface area contributed by atoms with Gasteiger partial charge in [-0.2, -0.15) is 13.2 Å². The molecule has 0 aliphatic rings. The molecule has 0 atom stereocenters. The molecule has 2 rings (SSSR count). The SMILES string of the molecule is CCOC(=O)c1ccc(NCc2ccc(C(F)(F)F)cc2)nc1. The molecule has 4 nitrogen and oxygen atoms in total. The van der Waals surface area contributed by atoms with Crippen molar-refractivity contribution >= 4 is 11.8 Å². The van der Waals surface area contributed by atoms with Crippen LogP contribution in [0.15, 0.2) is 42.6 Å². The highest BCUT2D eigenvalue weighted by molar-refractivity contribution is 5.89. The molecule has 1 N–H and O–H groups in total. The fraction of sp³-hybridized carbons (Fsp3) is 0.250. The lowest BCUT2D eigenvalue weighted by molar-refractivity contribution is -0.137. The van der Waals surface area contributed by atoms with Crippen molar-refractivity contribution in [2.24, 2.45) is 0 Å². The summed E-state index contributed by atoms with van der Waals surface area (Å²) in [6.07, 6.45) is -2.95. The van der Waals surface area contributed by atoms with Gasteiger partial charge in [-0.25, -0.2) is 9.78 Å². The number of carbonyl (C=O) groups is 1. The lowest BCUT2D eigenvalue weighted by Gasteiger charge is -2.09. The highest BCUT2D eigenvalue weighted by atomic mass is 19.4. The predicted octanol–water partition coefficient (Wildman–Crippen LogP) is 3.89. The van der Waals surface area contributed by atoms with Gasteiger partial charge in [0, 0.05) is 12.7 Å². The van der Waals surface area contributed by atoms with Crippen LogP contribution in [0.5, 0.6) is 0 Å². The monoisotopic (exact) mass is 324 g/mol. The highest BCUT2D eigenvalue weighted by Gasteiger charge is 2.29. The van der Waals surface area contributed by atoms with Crippen LogP contribution in [0.2, 0.25) is 0 Å². The van der Waals surface area contributed by atoms with Gasteiger partial charge < -0.3 is 10.1 Å². The lowest BCUT2D eigenvalue weighted by atomic mass is 10.1. The Morgan fingerprint density at radius 2 is 1.87 bits per heavy atom. The minimum absolute atomic E-state index is 0.284. The number of nitrogens with one attached hydrogen (secondary N) is 1. The summed E-state index contributed by atoms with van der Waals surface area (Å²) in [7, 11) is 0. The van der Waals surface area contributed by atoms with Gasteiger partial charge in [0.05, 0.1) is 17.7 Å². The van der Waals surface area contributed by atoms with E-state index in [1.807, 2.05) is 0 Å². The molecule has 0 radical (unpaired) electrons. The predicted molar refractivity (Wildman–Crippen MR) is 79.0 cm³/mol. The third-order valence-electron chi connectivity index (χ3n) is 3.03. The maximum absolute atomic E-state index is 12.5. The topological polar surface area (TPSA) is 51.2 Å². The van der Waals surface area contributed by atoms with Crippen LogP contribution in [0, 0.1) is 0 Å². The third kappa shape index (κ3) is 4.70. The van der Waals surface area contributed by atoms with Crippen LogP contribution in [-0.2, 0) is 17.5 Å². The van der Waals surface area contributed by atoms with Crippen molar-refractivity contribution in [1.29, 1.82) is 0 Å². The summed E-state index contributed by atoms with van der Waals surface area (Å²) < 4.78 is 42.2. The Labute approximate surface area is 131 Å². The molecule has 0 fully saturated rings. The van der Waals surface area contributed by atoms with Gasteiger partial charge in [0.2, 0.25) is 0 Å². The van der Waals surface area contributed by atoms with E-state index < -0.39 is 17.7 Å². The van der Waals surface area contributed by atoms with Gasteiger partial charge in [-0.1, -0.05) is 12.1 Å². The van der Waals surface area contributed by atoms with Gasteiger partial charge in [-0.15, -0.1) is 0 Å². The third-order valence-corrected chi connectivity index (χ3v) is 3.03. The second-order valence-electron chi connectivity index (χ2n) is 4.70. The summed E-state index contributed by atoms with van der Waals surface area (Å²) in [5.41, 5.74) is 0.347. The first-order valence-corrected chi connectivity index (χ1v) is 6.93. The molecule has 1 aromatic carbocycles. The molecule has 0 aliphatic carbocycles. The molecular formula is C16H15F3N2O2. The number of esters is 1. The lowest BCUT2D eigenvalue weighted by Crippen LogP contribution is -2.07. The summed E-state index contributed by atoms with van der Waals surface area (Å²) in [5, 5.41) is 2.97. The molecule has 122 valence electrons. The van der Waals surface area contributed by atoms with E-state index in [0.717, 1.165) is 12.1 Å². The van der Waals surface area contributed by atoms with Gasteiger partial charge in [0.15, 0.2) is 0 Å². The first-order valence-electron chi connectivity index (χ1n) is 6.93. The molecule has 1 aromatic heterocycles. The number of halogens is 3. The molecule has 0 saturated carbocycles. The second kappa shape index (κ2) is 7.13. The molecule has 0 aliphatic heterocycles. The average molecular weight is 324 g/mol. The number of hydrogen-bond acceptors (Lipinski definition) is 4. The van der Waals surface area contributed by atoms with E-state index in [2.05, 4.69) is 10.3 Å². The Hall–Kier alpha value is -2.57. The van der Waals surface area contributed by atoms with Crippen molar-refractivity contribution in [3.8, 4) is 0 Å². The molecule has 0 unspecified atom stereocenters. The zero-order valence-electron chi connectivity index (χ0n) is 12.4. The number of ether oxygens (including phenoxy) is 1. The van der Waals surface area contributed by atoms with E-state index in [-0.39, 0.29) is 6.61 Å². The minimum atomic E-state index is -4.34. The Kier molecular flexibility index (Phi) is 5.20. The van der Waals surface area contributed by atoms with Crippen LogP contribution < -0.4 is 5.32 Å². The van der Waals surface area contributed by atoms with E-state index in [9.17, 15) is 18.0 Å². The smallest absolute Gasteiger partial charge is 0.416 e. The first kappa shape index (κ1) is 16.8. The van der Waals surface area contributed by atoms with Gasteiger partial charge in [-0.05, 0) is 36.8 Å². The Balaban J connectivity index is 1.94. The first-order chi connectivity index (χ1) is 10.9. The van der Waals surface area contributed by atoms with Gasteiger partial charge in [-0.3, -0.25) is 0 Å². The maximum Gasteiger partial charge on any atom is 0.416 e. The van der Waals surface area contributed by atoms with Crippen LogP contribution >= 0.6 is 0 Å². The molecule has 23 heavy (non-hydrogen) atoms. The molecule has 7 heteroatoms. The number of benzene rings is 1. The van der Waals surface area contributed by atoms with E-state index in [4.69, 9.17) is 4.74 Å². The van der Waals surface area contributed by atoms with Crippen LogP contribution in [0.3, 0.4) is 0 Å². The average Bonchev–Trinajstić information content (AvgIpc) is 2.53. The fourth-order valence-corrected chi connectivity index (χ4v) is 1.84. The summed E-state index contributed by atoms with van der Waals surface area (Å²) in [4.78, 5) is 15.5. The fourth-order valence-electron chi connectivity index (χ4n) is 1.84. The van der Waals surface area contributed by atoms with Crippen LogP contribution in [0.4, 0.5) is 19.0 Å². The van der Waals surface area contributed by atoms with Crippen molar-refractivity contribution in [1.82, 2.24) is 4.98 Å². The molecule has 0 saturated heterocycles. The van der Waals surface area contributed by atoms with E-state index in [1.165, 1.54) is 18.3 Å².